The van der Waals surface area contributed by atoms with Gasteiger partial charge in [0.1, 0.15) is 17.2 Å². The molecule has 45 heavy (non-hydrogen) atoms. The smallest absolute Gasteiger partial charge is 0.410 e. The van der Waals surface area contributed by atoms with Crippen molar-refractivity contribution in [1.29, 1.82) is 0 Å². The van der Waals surface area contributed by atoms with Gasteiger partial charge in [-0.2, -0.15) is 0 Å². The maximum absolute atomic E-state index is 14.8. The van der Waals surface area contributed by atoms with Crippen LogP contribution in [0.5, 0.6) is 5.75 Å². The number of piperidine rings is 2. The highest BCUT2D eigenvalue weighted by molar-refractivity contribution is 5.68. The van der Waals surface area contributed by atoms with Crippen LogP contribution in [0.4, 0.5) is 24.3 Å². The van der Waals surface area contributed by atoms with Crippen LogP contribution in [0.1, 0.15) is 78.7 Å². The number of hydrogen-bond donors (Lipinski definition) is 1. The van der Waals surface area contributed by atoms with E-state index in [9.17, 15) is 18.4 Å². The number of rotatable bonds is 9. The summed E-state index contributed by atoms with van der Waals surface area (Å²) in [5.74, 6) is 0.440. The van der Waals surface area contributed by atoms with Crippen LogP contribution in [0.25, 0.3) is 0 Å². The van der Waals surface area contributed by atoms with Gasteiger partial charge in [-0.05, 0) is 95.9 Å². The number of alkyl carbamates (subject to hydrolysis) is 1. The van der Waals surface area contributed by atoms with E-state index in [0.717, 1.165) is 31.4 Å². The van der Waals surface area contributed by atoms with Gasteiger partial charge in [-0.25, -0.2) is 28.3 Å². The van der Waals surface area contributed by atoms with E-state index in [1.54, 1.807) is 38.1 Å². The summed E-state index contributed by atoms with van der Waals surface area (Å²) in [6.45, 7) is 13.9. The second kappa shape index (κ2) is 15.1. The molecule has 3 heterocycles. The predicted octanol–water partition coefficient (Wildman–Crippen LogP) is 6.30. The number of halogens is 2. The summed E-state index contributed by atoms with van der Waals surface area (Å²) in [7, 11) is 0. The first-order valence-corrected chi connectivity index (χ1v) is 15.9. The molecule has 2 aliphatic rings. The first kappa shape index (κ1) is 34.2. The Morgan fingerprint density at radius 2 is 1.73 bits per heavy atom. The van der Waals surface area contributed by atoms with Crippen LogP contribution >= 0.6 is 0 Å². The first-order valence-electron chi connectivity index (χ1n) is 15.9. The molecule has 248 valence electrons. The van der Waals surface area contributed by atoms with Gasteiger partial charge in [0.25, 0.3) is 0 Å². The molecule has 3 atom stereocenters. The third-order valence-electron chi connectivity index (χ3n) is 8.35. The Balaban J connectivity index is 1.31. The fourth-order valence-electron chi connectivity index (χ4n) is 5.98. The van der Waals surface area contributed by atoms with Crippen LogP contribution in [0.3, 0.4) is 0 Å². The van der Waals surface area contributed by atoms with Crippen molar-refractivity contribution in [3.63, 3.8) is 0 Å². The molecule has 1 N–H and O–H groups in total. The molecule has 0 radical (unpaired) electrons. The minimum Gasteiger partial charge on any atom is -0.490 e. The van der Waals surface area contributed by atoms with Crippen LogP contribution < -0.4 is 15.0 Å². The van der Waals surface area contributed by atoms with E-state index in [0.29, 0.717) is 56.2 Å². The second-order valence-corrected chi connectivity index (χ2v) is 13.3. The molecule has 0 unspecified atom stereocenters. The zero-order chi connectivity index (χ0) is 32.7. The fraction of sp³-hybridized carbons (Fsp3) is 0.636. The van der Waals surface area contributed by atoms with E-state index in [1.807, 2.05) is 18.7 Å². The minimum atomic E-state index is -0.713. The Bertz CT molecular complexity index is 1280. The lowest BCUT2D eigenvalue weighted by Gasteiger charge is -2.39. The standard InChI is InChI=1S/C33H47F2N5O5/c1-21(2)44-32(42)39-13-9-23(10-14-39)22(3)12-16-43-25-18-36-30(37-19-25)40-15-11-26(27-17-24(34)7-8-28(27)35)29(20-40)38-31(41)45-33(4,5)6/h7-8,17-19,21-23,26,29H,9-16,20H2,1-6H3,(H,38,41)/t22-,26-,29+/m1/s1. The molecule has 2 fully saturated rings. The summed E-state index contributed by atoms with van der Waals surface area (Å²) in [6, 6.07) is 2.81. The maximum Gasteiger partial charge on any atom is 0.410 e. The quantitative estimate of drug-likeness (QED) is 0.344. The van der Waals surface area contributed by atoms with Crippen LogP contribution in [0.15, 0.2) is 30.6 Å². The number of carbonyl (C=O) groups excluding carboxylic acids is 2. The van der Waals surface area contributed by atoms with E-state index < -0.39 is 35.3 Å². The molecule has 2 amide bonds. The van der Waals surface area contributed by atoms with Crippen molar-refractivity contribution in [3.8, 4) is 5.75 Å². The Labute approximate surface area is 264 Å². The van der Waals surface area contributed by atoms with E-state index >= 15 is 0 Å². The molecule has 0 spiro atoms. The normalized spacial score (nSPS) is 20.1. The number of likely N-dealkylation sites (tertiary alicyclic amines) is 1. The molecule has 1 aromatic carbocycles. The summed E-state index contributed by atoms with van der Waals surface area (Å²) in [6.07, 6.45) is 5.46. The summed E-state index contributed by atoms with van der Waals surface area (Å²) in [5, 5.41) is 2.86. The monoisotopic (exact) mass is 631 g/mol. The highest BCUT2D eigenvalue weighted by Gasteiger charge is 2.35. The van der Waals surface area contributed by atoms with Crippen LogP contribution in [0.2, 0.25) is 0 Å². The van der Waals surface area contributed by atoms with Gasteiger partial charge in [0.2, 0.25) is 5.95 Å². The largest absolute Gasteiger partial charge is 0.490 e. The Morgan fingerprint density at radius 1 is 1.04 bits per heavy atom. The number of anilines is 1. The van der Waals surface area contributed by atoms with Crippen molar-refractivity contribution in [2.45, 2.75) is 90.9 Å². The van der Waals surface area contributed by atoms with Gasteiger partial charge < -0.3 is 29.3 Å². The van der Waals surface area contributed by atoms with Crippen LogP contribution in [-0.2, 0) is 9.47 Å². The zero-order valence-electron chi connectivity index (χ0n) is 27.2. The van der Waals surface area contributed by atoms with E-state index in [2.05, 4.69) is 22.2 Å². The number of ether oxygens (including phenoxy) is 3. The van der Waals surface area contributed by atoms with Crippen molar-refractivity contribution in [2.24, 2.45) is 11.8 Å². The van der Waals surface area contributed by atoms with Gasteiger partial charge in [-0.15, -0.1) is 0 Å². The molecule has 2 aliphatic heterocycles. The van der Waals surface area contributed by atoms with Crippen molar-refractivity contribution in [3.05, 3.63) is 47.8 Å². The predicted molar refractivity (Wildman–Crippen MR) is 166 cm³/mol. The first-order chi connectivity index (χ1) is 21.3. The second-order valence-electron chi connectivity index (χ2n) is 13.3. The summed E-state index contributed by atoms with van der Waals surface area (Å²) in [4.78, 5) is 37.5. The SMILES string of the molecule is CC(C)OC(=O)N1CCC([C@H](C)CCOc2cnc(N3CC[C@H](c4cc(F)ccc4F)[C@@H](NC(=O)OC(C)(C)C)C3)nc2)CC1. The lowest BCUT2D eigenvalue weighted by Crippen LogP contribution is -2.53. The number of benzene rings is 1. The number of nitrogens with zero attached hydrogens (tertiary/aromatic N) is 4. The van der Waals surface area contributed by atoms with Gasteiger partial charge in [-0.1, -0.05) is 6.92 Å². The van der Waals surface area contributed by atoms with Crippen LogP contribution in [0, 0.1) is 23.5 Å². The zero-order valence-corrected chi connectivity index (χ0v) is 27.2. The molecule has 0 saturated carbocycles. The fourth-order valence-corrected chi connectivity index (χ4v) is 5.98. The Morgan fingerprint density at radius 3 is 2.38 bits per heavy atom. The summed E-state index contributed by atoms with van der Waals surface area (Å²) >= 11 is 0. The molecule has 2 saturated heterocycles. The molecule has 0 aliphatic carbocycles. The van der Waals surface area contributed by atoms with Crippen molar-refractivity contribution >= 4 is 18.1 Å². The number of hydrogen-bond acceptors (Lipinski definition) is 8. The Hall–Kier alpha value is -3.70. The topological polar surface area (TPSA) is 106 Å². The number of nitrogens with one attached hydrogen (secondary N) is 1. The number of aromatic nitrogens is 2. The molecule has 0 bridgehead atoms. The van der Waals surface area contributed by atoms with Gasteiger partial charge in [0, 0.05) is 32.1 Å². The Kier molecular flexibility index (Phi) is 11.4. The summed E-state index contributed by atoms with van der Waals surface area (Å²) < 4.78 is 45.5. The molecule has 10 nitrogen and oxygen atoms in total. The van der Waals surface area contributed by atoms with Crippen molar-refractivity contribution in [2.75, 3.05) is 37.7 Å². The lowest BCUT2D eigenvalue weighted by atomic mass is 9.84. The molecule has 12 heteroatoms. The van der Waals surface area contributed by atoms with E-state index in [1.165, 1.54) is 6.07 Å². The van der Waals surface area contributed by atoms with Gasteiger partial charge in [-0.3, -0.25) is 0 Å². The minimum absolute atomic E-state index is 0.118. The maximum atomic E-state index is 14.8. The van der Waals surface area contributed by atoms with Crippen LogP contribution in [-0.4, -0.2) is 77.6 Å². The third-order valence-corrected chi connectivity index (χ3v) is 8.35. The highest BCUT2D eigenvalue weighted by atomic mass is 19.1. The van der Waals surface area contributed by atoms with Crippen molar-refractivity contribution < 1.29 is 32.6 Å². The van der Waals surface area contributed by atoms with Gasteiger partial charge >= 0.3 is 12.2 Å². The molecule has 1 aromatic heterocycles. The average Bonchev–Trinajstić information content (AvgIpc) is 2.97. The van der Waals surface area contributed by atoms with Gasteiger partial charge in [0.05, 0.1) is 31.1 Å². The molecular weight excluding hydrogens is 584 g/mol. The van der Waals surface area contributed by atoms with E-state index in [4.69, 9.17) is 14.2 Å². The molecule has 4 rings (SSSR count). The van der Waals surface area contributed by atoms with Crippen molar-refractivity contribution in [1.82, 2.24) is 20.2 Å². The number of carbonyl (C=O) groups is 2. The lowest BCUT2D eigenvalue weighted by molar-refractivity contribution is 0.0491. The highest BCUT2D eigenvalue weighted by Crippen LogP contribution is 2.33. The molecular formula is C33H47F2N5O5. The average molecular weight is 632 g/mol. The summed E-state index contributed by atoms with van der Waals surface area (Å²) in [5.41, 5.74) is -0.496. The third kappa shape index (κ3) is 9.89. The van der Waals surface area contributed by atoms with E-state index in [-0.39, 0.29) is 24.3 Å². The number of amides is 2. The van der Waals surface area contributed by atoms with Gasteiger partial charge in [0.15, 0.2) is 5.75 Å². The molecule has 2 aromatic rings.